The predicted molar refractivity (Wildman–Crippen MR) is 100 cm³/mol. The molecule has 0 amide bonds. The second-order valence-corrected chi connectivity index (χ2v) is 5.95. The maximum atomic E-state index is 13.7. The van der Waals surface area contributed by atoms with Crippen molar-refractivity contribution in [1.82, 2.24) is 4.98 Å². The van der Waals surface area contributed by atoms with E-state index in [0.717, 1.165) is 16.3 Å². The fourth-order valence-corrected chi connectivity index (χ4v) is 3.16. The Bertz CT molecular complexity index is 1230. The average Bonchev–Trinajstić information content (AvgIpc) is 2.67. The molecule has 4 heteroatoms. The highest BCUT2D eigenvalue weighted by Gasteiger charge is 2.14. The maximum absolute atomic E-state index is 13.7. The lowest BCUT2D eigenvalue weighted by atomic mass is 9.96. The predicted octanol–water partition coefficient (Wildman–Crippen LogP) is 4.87. The smallest absolute Gasteiger partial charge is 0.266 e. The summed E-state index contributed by atoms with van der Waals surface area (Å²) in [6, 6.07) is 23.2. The van der Waals surface area contributed by atoms with E-state index >= 15 is 0 Å². The van der Waals surface area contributed by atoms with Gasteiger partial charge in [-0.25, -0.2) is 4.39 Å². The van der Waals surface area contributed by atoms with Gasteiger partial charge < -0.3 is 4.98 Å². The van der Waals surface area contributed by atoms with Gasteiger partial charge in [-0.05, 0) is 34.5 Å². The van der Waals surface area contributed by atoms with Gasteiger partial charge >= 0.3 is 0 Å². The zero-order valence-electron chi connectivity index (χ0n) is 13.7. The third-order valence-electron chi connectivity index (χ3n) is 4.36. The number of aromatic amines is 1. The summed E-state index contributed by atoms with van der Waals surface area (Å²) in [5.41, 5.74) is 1.83. The molecule has 3 aromatic carbocycles. The van der Waals surface area contributed by atoms with Crippen molar-refractivity contribution in [1.29, 1.82) is 5.26 Å². The van der Waals surface area contributed by atoms with E-state index < -0.39 is 11.4 Å². The molecule has 1 heterocycles. The lowest BCUT2D eigenvalue weighted by molar-refractivity contribution is 0.628. The van der Waals surface area contributed by atoms with E-state index in [1.807, 2.05) is 48.5 Å². The molecule has 0 aliphatic heterocycles. The second kappa shape index (κ2) is 6.30. The van der Waals surface area contributed by atoms with Crippen LogP contribution in [0.15, 0.2) is 77.6 Å². The summed E-state index contributed by atoms with van der Waals surface area (Å²) in [6.07, 6.45) is 0. The van der Waals surface area contributed by atoms with Gasteiger partial charge in [0.15, 0.2) is 0 Å². The summed E-state index contributed by atoms with van der Waals surface area (Å²) in [5.74, 6) is -0.418. The summed E-state index contributed by atoms with van der Waals surface area (Å²) in [5, 5.41) is 11.4. The van der Waals surface area contributed by atoms with Crippen LogP contribution in [0.4, 0.5) is 4.39 Å². The van der Waals surface area contributed by atoms with Gasteiger partial charge in [0.05, 0.1) is 0 Å². The van der Waals surface area contributed by atoms with Crippen LogP contribution in [0.2, 0.25) is 0 Å². The number of nitrogens with one attached hydrogen (secondary N) is 1. The molecule has 0 radical (unpaired) electrons. The molecule has 1 N–H and O–H groups in total. The molecule has 4 aromatic rings. The lowest BCUT2D eigenvalue weighted by Gasteiger charge is -2.10. The van der Waals surface area contributed by atoms with Crippen molar-refractivity contribution in [2.24, 2.45) is 0 Å². The number of hydrogen-bond acceptors (Lipinski definition) is 2. The minimum absolute atomic E-state index is 0.0282. The first-order chi connectivity index (χ1) is 12.7. The zero-order valence-corrected chi connectivity index (χ0v) is 13.7. The molecule has 124 valence electrons. The first kappa shape index (κ1) is 15.8. The summed E-state index contributed by atoms with van der Waals surface area (Å²) in [6.45, 7) is 0. The fraction of sp³-hybridized carbons (Fsp3) is 0. The van der Waals surface area contributed by atoms with Gasteiger partial charge in [0.1, 0.15) is 17.4 Å². The van der Waals surface area contributed by atoms with Crippen molar-refractivity contribution in [2.45, 2.75) is 0 Å². The number of rotatable bonds is 2. The Labute approximate surface area is 149 Å². The summed E-state index contributed by atoms with van der Waals surface area (Å²) < 4.78 is 13.7. The minimum atomic E-state index is -0.489. The van der Waals surface area contributed by atoms with Gasteiger partial charge in [-0.2, -0.15) is 5.26 Å². The molecule has 0 aliphatic rings. The van der Waals surface area contributed by atoms with E-state index in [1.165, 1.54) is 12.1 Å². The van der Waals surface area contributed by atoms with Crippen LogP contribution in [-0.4, -0.2) is 4.98 Å². The SMILES string of the molecule is N#Cc1c(-c2cccc(F)c2)cc(-c2cccc3ccccc23)[nH]c1=O. The third kappa shape index (κ3) is 2.66. The lowest BCUT2D eigenvalue weighted by Crippen LogP contribution is -2.12. The van der Waals surface area contributed by atoms with Gasteiger partial charge in [-0.15, -0.1) is 0 Å². The Morgan fingerprint density at radius 2 is 1.65 bits per heavy atom. The number of H-pyrrole nitrogens is 1. The normalized spacial score (nSPS) is 10.6. The molecule has 0 aliphatic carbocycles. The number of pyridine rings is 1. The van der Waals surface area contributed by atoms with E-state index in [2.05, 4.69) is 4.98 Å². The van der Waals surface area contributed by atoms with Gasteiger partial charge in [0, 0.05) is 16.8 Å². The first-order valence-electron chi connectivity index (χ1n) is 8.09. The first-order valence-corrected chi connectivity index (χ1v) is 8.09. The van der Waals surface area contributed by atoms with Gasteiger partial charge in [-0.3, -0.25) is 4.79 Å². The van der Waals surface area contributed by atoms with Crippen molar-refractivity contribution in [3.05, 3.63) is 94.5 Å². The van der Waals surface area contributed by atoms with Crippen LogP contribution < -0.4 is 5.56 Å². The van der Waals surface area contributed by atoms with Crippen molar-refractivity contribution < 1.29 is 4.39 Å². The largest absolute Gasteiger partial charge is 0.321 e. The van der Waals surface area contributed by atoms with E-state index in [4.69, 9.17) is 0 Å². The molecule has 0 spiro atoms. The van der Waals surface area contributed by atoms with Crippen LogP contribution in [0.1, 0.15) is 5.56 Å². The van der Waals surface area contributed by atoms with E-state index in [-0.39, 0.29) is 5.56 Å². The molecule has 0 atom stereocenters. The monoisotopic (exact) mass is 340 g/mol. The van der Waals surface area contributed by atoms with Crippen LogP contribution in [0.5, 0.6) is 0 Å². The molecule has 0 fully saturated rings. The summed E-state index contributed by atoms with van der Waals surface area (Å²) >= 11 is 0. The molecule has 3 nitrogen and oxygen atoms in total. The molecular formula is C22H13FN2O. The van der Waals surface area contributed by atoms with E-state index in [9.17, 15) is 14.4 Å². The van der Waals surface area contributed by atoms with Gasteiger partial charge in [0.25, 0.3) is 5.56 Å². The Morgan fingerprint density at radius 1 is 0.885 bits per heavy atom. The number of aromatic nitrogens is 1. The van der Waals surface area contributed by atoms with Crippen molar-refractivity contribution >= 4 is 10.8 Å². The molecule has 0 unspecified atom stereocenters. The molecule has 0 saturated carbocycles. The number of hydrogen-bond donors (Lipinski definition) is 1. The van der Waals surface area contributed by atoms with Crippen LogP contribution in [0.25, 0.3) is 33.2 Å². The number of halogens is 1. The molecular weight excluding hydrogens is 327 g/mol. The standard InChI is InChI=1S/C22H13FN2O/c23-16-8-3-7-15(11-16)19-12-21(25-22(26)20(19)13-24)18-10-4-6-14-5-1-2-9-17(14)18/h1-12H,(H,25,26). The topological polar surface area (TPSA) is 56.6 Å². The average molecular weight is 340 g/mol. The molecule has 26 heavy (non-hydrogen) atoms. The molecule has 0 saturated heterocycles. The minimum Gasteiger partial charge on any atom is -0.321 e. The highest BCUT2D eigenvalue weighted by atomic mass is 19.1. The van der Waals surface area contributed by atoms with Crippen molar-refractivity contribution in [3.8, 4) is 28.5 Å². The van der Waals surface area contributed by atoms with Gasteiger partial charge in [0.2, 0.25) is 0 Å². The van der Waals surface area contributed by atoms with Crippen LogP contribution in [0, 0.1) is 17.1 Å². The zero-order chi connectivity index (χ0) is 18.1. The van der Waals surface area contributed by atoms with E-state index in [0.29, 0.717) is 16.8 Å². The fourth-order valence-electron chi connectivity index (χ4n) is 3.16. The van der Waals surface area contributed by atoms with Crippen molar-refractivity contribution in [2.75, 3.05) is 0 Å². The summed E-state index contributed by atoms with van der Waals surface area (Å²) in [4.78, 5) is 15.3. The highest BCUT2D eigenvalue weighted by Crippen LogP contribution is 2.30. The Kier molecular flexibility index (Phi) is 3.83. The van der Waals surface area contributed by atoms with Crippen LogP contribution in [0.3, 0.4) is 0 Å². The maximum Gasteiger partial charge on any atom is 0.266 e. The molecule has 0 bridgehead atoms. The van der Waals surface area contributed by atoms with Gasteiger partial charge in [-0.1, -0.05) is 54.6 Å². The number of nitriles is 1. The van der Waals surface area contributed by atoms with Crippen LogP contribution in [-0.2, 0) is 0 Å². The third-order valence-corrected chi connectivity index (χ3v) is 4.36. The highest BCUT2D eigenvalue weighted by molar-refractivity contribution is 5.96. The number of nitrogens with zero attached hydrogens (tertiary/aromatic N) is 1. The number of benzene rings is 3. The Hall–Kier alpha value is -3.71. The van der Waals surface area contributed by atoms with E-state index in [1.54, 1.807) is 18.2 Å². The summed E-state index contributed by atoms with van der Waals surface area (Å²) in [7, 11) is 0. The Morgan fingerprint density at radius 3 is 2.46 bits per heavy atom. The number of fused-ring (bicyclic) bond motifs is 1. The second-order valence-electron chi connectivity index (χ2n) is 5.95. The van der Waals surface area contributed by atoms with Crippen molar-refractivity contribution in [3.63, 3.8) is 0 Å². The molecule has 1 aromatic heterocycles. The Balaban J connectivity index is 2.02. The molecule has 4 rings (SSSR count). The van der Waals surface area contributed by atoms with Crippen LogP contribution >= 0.6 is 0 Å². The quantitative estimate of drug-likeness (QED) is 0.566.